The van der Waals surface area contributed by atoms with Gasteiger partial charge in [0.1, 0.15) is 10.8 Å². The van der Waals surface area contributed by atoms with Crippen molar-refractivity contribution >= 4 is 27.5 Å². The maximum absolute atomic E-state index is 6.24. The van der Waals surface area contributed by atoms with E-state index in [9.17, 15) is 0 Å². The van der Waals surface area contributed by atoms with Crippen molar-refractivity contribution in [2.24, 2.45) is 0 Å². The van der Waals surface area contributed by atoms with Crippen molar-refractivity contribution in [1.82, 2.24) is 10.3 Å². The molecule has 5 heteroatoms. The topological polar surface area (TPSA) is 34.2 Å². The summed E-state index contributed by atoms with van der Waals surface area (Å²) in [5.74, 6) is 1.12. The van der Waals surface area contributed by atoms with Crippen molar-refractivity contribution in [2.75, 3.05) is 0 Å². The molecule has 0 spiro atoms. The van der Waals surface area contributed by atoms with Crippen molar-refractivity contribution in [3.63, 3.8) is 0 Å². The first kappa shape index (κ1) is 16.3. The highest BCUT2D eigenvalue weighted by atomic mass is 79.9. The Balaban J connectivity index is 2.07. The summed E-state index contributed by atoms with van der Waals surface area (Å²) in [5.41, 5.74) is 1.08. The van der Waals surface area contributed by atoms with Crippen LogP contribution in [-0.4, -0.2) is 10.5 Å². The van der Waals surface area contributed by atoms with E-state index in [1.807, 2.05) is 30.3 Å². The number of nitrogens with zero attached hydrogens (tertiary/aromatic N) is 1. The zero-order valence-corrected chi connectivity index (χ0v) is 14.6. The van der Waals surface area contributed by atoms with Crippen LogP contribution in [-0.2, 0) is 6.54 Å². The first-order valence-electron chi connectivity index (χ1n) is 6.66. The van der Waals surface area contributed by atoms with Gasteiger partial charge in [-0.15, -0.1) is 0 Å². The minimum absolute atomic E-state index is 0.0546. The van der Waals surface area contributed by atoms with E-state index in [4.69, 9.17) is 16.3 Å². The minimum atomic E-state index is 0.0546. The maximum atomic E-state index is 6.24. The van der Waals surface area contributed by atoms with Crippen molar-refractivity contribution in [3.05, 3.63) is 51.6 Å². The Hall–Kier alpha value is -1.10. The molecule has 0 fully saturated rings. The fourth-order valence-electron chi connectivity index (χ4n) is 1.62. The molecular formula is C16H18BrClN2O. The van der Waals surface area contributed by atoms with Crippen LogP contribution < -0.4 is 10.1 Å². The molecule has 0 aliphatic heterocycles. The van der Waals surface area contributed by atoms with Gasteiger partial charge >= 0.3 is 0 Å². The summed E-state index contributed by atoms with van der Waals surface area (Å²) in [5, 5.41) is 3.90. The fourth-order valence-corrected chi connectivity index (χ4v) is 2.11. The van der Waals surface area contributed by atoms with Crippen LogP contribution in [0.25, 0.3) is 0 Å². The van der Waals surface area contributed by atoms with Gasteiger partial charge in [0.15, 0.2) is 0 Å². The monoisotopic (exact) mass is 368 g/mol. The van der Waals surface area contributed by atoms with Gasteiger partial charge in [0.25, 0.3) is 0 Å². The van der Waals surface area contributed by atoms with Gasteiger partial charge < -0.3 is 10.1 Å². The summed E-state index contributed by atoms with van der Waals surface area (Å²) in [6.07, 6.45) is 1.78. The lowest BCUT2D eigenvalue weighted by Gasteiger charge is -2.20. The Morgan fingerprint density at radius 3 is 2.48 bits per heavy atom. The van der Waals surface area contributed by atoms with Gasteiger partial charge in [0.05, 0.1) is 0 Å². The van der Waals surface area contributed by atoms with Crippen LogP contribution in [0.4, 0.5) is 0 Å². The van der Waals surface area contributed by atoms with E-state index in [0.717, 1.165) is 16.6 Å². The molecule has 0 radical (unpaired) electrons. The van der Waals surface area contributed by atoms with Gasteiger partial charge in [-0.1, -0.05) is 27.5 Å². The van der Waals surface area contributed by atoms with Crippen molar-refractivity contribution < 1.29 is 4.74 Å². The summed E-state index contributed by atoms with van der Waals surface area (Å²) in [6, 6.07) is 9.41. The molecule has 1 aromatic carbocycles. The zero-order valence-electron chi connectivity index (χ0n) is 12.3. The Morgan fingerprint density at radius 1 is 1.24 bits per heavy atom. The number of pyridine rings is 1. The second-order valence-corrected chi connectivity index (χ2v) is 7.11. The normalized spacial score (nSPS) is 11.5. The third-order valence-electron chi connectivity index (χ3n) is 2.72. The summed E-state index contributed by atoms with van der Waals surface area (Å²) >= 11 is 9.62. The van der Waals surface area contributed by atoms with Crippen LogP contribution in [0, 0.1) is 0 Å². The highest BCUT2D eigenvalue weighted by Gasteiger charge is 2.10. The van der Waals surface area contributed by atoms with Gasteiger partial charge in [-0.25, -0.2) is 4.98 Å². The average Bonchev–Trinajstić information content (AvgIpc) is 2.41. The molecule has 112 valence electrons. The zero-order chi connectivity index (χ0) is 15.5. The predicted molar refractivity (Wildman–Crippen MR) is 90.1 cm³/mol. The molecule has 21 heavy (non-hydrogen) atoms. The molecule has 0 amide bonds. The molecule has 0 aliphatic carbocycles. The minimum Gasteiger partial charge on any atom is -0.438 e. The Bertz CT molecular complexity index is 609. The smallest absolute Gasteiger partial charge is 0.238 e. The molecule has 0 atom stereocenters. The summed E-state index contributed by atoms with van der Waals surface area (Å²) < 4.78 is 6.68. The van der Waals surface area contributed by atoms with Crippen LogP contribution >= 0.6 is 27.5 Å². The Labute approximate surface area is 138 Å². The van der Waals surface area contributed by atoms with Crippen LogP contribution in [0.1, 0.15) is 26.3 Å². The quantitative estimate of drug-likeness (QED) is 0.806. The molecule has 0 saturated carbocycles. The van der Waals surface area contributed by atoms with E-state index in [-0.39, 0.29) is 5.54 Å². The third-order valence-corrected chi connectivity index (χ3v) is 3.51. The summed E-state index contributed by atoms with van der Waals surface area (Å²) in [7, 11) is 0. The van der Waals surface area contributed by atoms with Crippen LogP contribution in [0.15, 0.2) is 41.0 Å². The van der Waals surface area contributed by atoms with E-state index in [0.29, 0.717) is 16.7 Å². The Kier molecular flexibility index (Phi) is 5.25. The summed E-state index contributed by atoms with van der Waals surface area (Å²) in [6.45, 7) is 7.07. The highest BCUT2D eigenvalue weighted by molar-refractivity contribution is 9.10. The molecule has 2 rings (SSSR count). The lowest BCUT2D eigenvalue weighted by Crippen LogP contribution is -2.35. The number of nitrogens with one attached hydrogen (secondary N) is 1. The van der Waals surface area contributed by atoms with Gasteiger partial charge in [-0.05, 0) is 56.7 Å². The predicted octanol–water partition coefficient (Wildman–Crippen LogP) is 5.18. The molecule has 0 aliphatic rings. The van der Waals surface area contributed by atoms with Gasteiger partial charge in [0.2, 0.25) is 5.88 Å². The number of ether oxygens (including phenoxy) is 1. The van der Waals surface area contributed by atoms with E-state index in [2.05, 4.69) is 47.0 Å². The highest BCUT2D eigenvalue weighted by Crippen LogP contribution is 2.28. The molecule has 1 N–H and O–H groups in total. The number of aromatic nitrogens is 1. The third kappa shape index (κ3) is 5.30. The first-order valence-corrected chi connectivity index (χ1v) is 7.83. The molecule has 3 nitrogen and oxygen atoms in total. The van der Waals surface area contributed by atoms with E-state index < -0.39 is 0 Å². The average molecular weight is 370 g/mol. The summed E-state index contributed by atoms with van der Waals surface area (Å²) in [4.78, 5) is 4.29. The number of hydrogen-bond acceptors (Lipinski definition) is 3. The largest absolute Gasteiger partial charge is 0.438 e. The van der Waals surface area contributed by atoms with E-state index >= 15 is 0 Å². The maximum Gasteiger partial charge on any atom is 0.238 e. The molecule has 0 bridgehead atoms. The van der Waals surface area contributed by atoms with Crippen LogP contribution in [0.5, 0.6) is 11.6 Å². The molecule has 0 unspecified atom stereocenters. The lowest BCUT2D eigenvalue weighted by molar-refractivity contribution is 0.423. The molecule has 2 aromatic rings. The number of benzene rings is 1. The van der Waals surface area contributed by atoms with Crippen molar-refractivity contribution in [1.29, 1.82) is 0 Å². The number of hydrogen-bond donors (Lipinski definition) is 1. The van der Waals surface area contributed by atoms with Crippen molar-refractivity contribution in [2.45, 2.75) is 32.9 Å². The van der Waals surface area contributed by atoms with Crippen molar-refractivity contribution in [3.8, 4) is 11.6 Å². The second-order valence-electron chi connectivity index (χ2n) is 5.79. The van der Waals surface area contributed by atoms with Gasteiger partial charge in [-0.2, -0.15) is 0 Å². The molecule has 0 saturated heterocycles. The number of rotatable bonds is 4. The molecule has 1 heterocycles. The first-order chi connectivity index (χ1) is 9.83. The molecular weight excluding hydrogens is 352 g/mol. The van der Waals surface area contributed by atoms with Gasteiger partial charge in [0, 0.05) is 22.8 Å². The number of halogens is 2. The lowest BCUT2D eigenvalue weighted by atomic mass is 10.1. The SMILES string of the molecule is CC(C)(C)NCc1cnc(Oc2ccc(Br)cc2)c(Cl)c1. The Morgan fingerprint density at radius 2 is 1.90 bits per heavy atom. The molecule has 1 aromatic heterocycles. The second kappa shape index (κ2) is 6.77. The van der Waals surface area contributed by atoms with Crippen LogP contribution in [0.2, 0.25) is 5.02 Å². The van der Waals surface area contributed by atoms with Crippen LogP contribution in [0.3, 0.4) is 0 Å². The van der Waals surface area contributed by atoms with E-state index in [1.165, 1.54) is 0 Å². The standard InChI is InChI=1S/C16H18BrClN2O/c1-16(2,3)20-10-11-8-14(18)15(19-9-11)21-13-6-4-12(17)5-7-13/h4-9,20H,10H2,1-3H3. The van der Waals surface area contributed by atoms with Gasteiger partial charge in [-0.3, -0.25) is 0 Å². The van der Waals surface area contributed by atoms with E-state index in [1.54, 1.807) is 6.20 Å². The fraction of sp³-hybridized carbons (Fsp3) is 0.312.